The van der Waals surface area contributed by atoms with Gasteiger partial charge in [-0.05, 0) is 22.7 Å². The van der Waals surface area contributed by atoms with Crippen LogP contribution in [0.5, 0.6) is 0 Å². The van der Waals surface area contributed by atoms with Crippen molar-refractivity contribution < 1.29 is 21.2 Å². The number of hydrogen-bond donors (Lipinski definition) is 2. The molecular weight excluding hydrogens is 791 g/mol. The van der Waals surface area contributed by atoms with Crippen molar-refractivity contribution in [3.63, 3.8) is 0 Å². The first-order chi connectivity index (χ1) is 27.7. The number of halogens is 1. The molecule has 0 radical (unpaired) electrons. The molecule has 1 aromatic heterocycles. The molecule has 0 saturated heterocycles. The molecule has 2 aliphatic heterocycles. The summed E-state index contributed by atoms with van der Waals surface area (Å²) in [6, 6.07) is 67.2. The minimum absolute atomic E-state index is 0.0719. The van der Waals surface area contributed by atoms with Gasteiger partial charge in [0, 0.05) is 5.69 Å². The summed E-state index contributed by atoms with van der Waals surface area (Å²) in [5.41, 5.74) is 18.3. The van der Waals surface area contributed by atoms with Crippen molar-refractivity contribution in [1.82, 2.24) is 4.57 Å². The topological polar surface area (TPSA) is 29.0 Å². The SMILES string of the molecule is C=C[I-]c1ccc(B2c3ccccc3Nc3cc4c(cc32)c2cc3c(cc2n4-c2ccccc2)Nc2ccccc2B3c2ccc(-c3ccccc3)cc2)cc1. The minimum atomic E-state index is -0.184. The van der Waals surface area contributed by atoms with E-state index in [9.17, 15) is 0 Å². The molecule has 0 bridgehead atoms. The van der Waals surface area contributed by atoms with Crippen LogP contribution in [0.3, 0.4) is 0 Å². The van der Waals surface area contributed by atoms with Crippen molar-refractivity contribution in [2.75, 3.05) is 10.6 Å². The Morgan fingerprint density at radius 1 is 0.446 bits per heavy atom. The molecule has 3 nitrogen and oxygen atoms in total. The summed E-state index contributed by atoms with van der Waals surface area (Å²) in [4.78, 5) is 0. The third-order valence-electron chi connectivity index (χ3n) is 11.6. The second-order valence-electron chi connectivity index (χ2n) is 14.7. The number of hydrogen-bond acceptors (Lipinski definition) is 2. The van der Waals surface area contributed by atoms with Gasteiger partial charge in [-0.15, -0.1) is 0 Å². The van der Waals surface area contributed by atoms with Crippen molar-refractivity contribution in [3.05, 3.63) is 196 Å². The van der Waals surface area contributed by atoms with E-state index in [2.05, 4.69) is 208 Å². The molecule has 264 valence electrons. The van der Waals surface area contributed by atoms with Crippen molar-refractivity contribution in [2.45, 2.75) is 0 Å². The molecular formula is C50H35B2IN3-. The van der Waals surface area contributed by atoms with Gasteiger partial charge in [0.1, 0.15) is 0 Å². The molecule has 0 saturated carbocycles. The Hall–Kier alpha value is -6.24. The molecule has 0 spiro atoms. The van der Waals surface area contributed by atoms with Crippen LogP contribution < -0.4 is 64.6 Å². The molecule has 0 fully saturated rings. The first-order valence-corrected chi connectivity index (χ1v) is 21.5. The Kier molecular flexibility index (Phi) is 7.99. The van der Waals surface area contributed by atoms with E-state index in [0.717, 1.165) is 28.4 Å². The molecule has 8 aromatic carbocycles. The molecule has 2 aliphatic rings. The molecule has 11 rings (SSSR count). The predicted molar refractivity (Wildman–Crippen MR) is 237 cm³/mol. The Bertz CT molecular complexity index is 2960. The van der Waals surface area contributed by atoms with Gasteiger partial charge in [-0.2, -0.15) is 0 Å². The Balaban J connectivity index is 1.15. The summed E-state index contributed by atoms with van der Waals surface area (Å²) in [5.74, 6) is 0. The number of rotatable bonds is 6. The van der Waals surface area contributed by atoms with Crippen LogP contribution in [0, 0.1) is 3.57 Å². The van der Waals surface area contributed by atoms with E-state index in [-0.39, 0.29) is 34.6 Å². The fraction of sp³-hybridized carbons (Fsp3) is 0. The third kappa shape index (κ3) is 5.42. The summed E-state index contributed by atoms with van der Waals surface area (Å²) >= 11 is -0.184. The number of nitrogens with one attached hydrogen (secondary N) is 2. The van der Waals surface area contributed by atoms with E-state index < -0.39 is 0 Å². The fourth-order valence-corrected chi connectivity index (χ4v) is 10.4. The zero-order chi connectivity index (χ0) is 37.2. The molecule has 3 heterocycles. The van der Waals surface area contributed by atoms with Crippen LogP contribution in [-0.2, 0) is 0 Å². The van der Waals surface area contributed by atoms with Crippen LogP contribution in [0.4, 0.5) is 22.7 Å². The number of para-hydroxylation sites is 3. The number of benzene rings is 8. The number of nitrogens with zero attached hydrogens (tertiary/aromatic N) is 1. The zero-order valence-electron chi connectivity index (χ0n) is 30.6. The summed E-state index contributed by atoms with van der Waals surface area (Å²) in [5, 5.41) is 10.2. The van der Waals surface area contributed by atoms with Crippen LogP contribution in [0.1, 0.15) is 0 Å². The van der Waals surface area contributed by atoms with Crippen molar-refractivity contribution in [3.8, 4) is 16.8 Å². The Morgan fingerprint density at radius 3 is 1.45 bits per heavy atom. The Morgan fingerprint density at radius 2 is 0.911 bits per heavy atom. The van der Waals surface area contributed by atoms with E-state index in [1.54, 1.807) is 0 Å². The summed E-state index contributed by atoms with van der Waals surface area (Å²) < 4.78 is 5.91. The van der Waals surface area contributed by atoms with Crippen molar-refractivity contribution in [2.24, 2.45) is 0 Å². The second kappa shape index (κ2) is 13.5. The van der Waals surface area contributed by atoms with Crippen LogP contribution in [0.2, 0.25) is 0 Å². The first kappa shape index (κ1) is 33.1. The van der Waals surface area contributed by atoms with Gasteiger partial charge >= 0.3 is 210 Å². The standard InChI is InChI=1S/C50H35B2IN3/c1-2-53-37-27-25-36(26-28-37)52-42-18-10-12-20-46(42)55-48-32-50-40(30-44(48)52)39-29-43-47(31-49(39)56(50)38-15-7-4-8-16-38)54-45-19-11-9-17-41(45)51(43)35-23-21-34(22-24-35)33-13-5-3-6-14-33/h2-32,54-55H,1H2/q-1. The average Bonchev–Trinajstić information content (AvgIpc) is 3.56. The molecule has 0 amide bonds. The second-order valence-corrected chi connectivity index (χ2v) is 17.4. The number of anilines is 4. The van der Waals surface area contributed by atoms with Gasteiger partial charge in [0.15, 0.2) is 0 Å². The van der Waals surface area contributed by atoms with Crippen LogP contribution in [-0.4, -0.2) is 18.0 Å². The monoisotopic (exact) mass is 826 g/mol. The molecule has 2 N–H and O–H groups in total. The normalized spacial score (nSPS) is 12.7. The van der Waals surface area contributed by atoms with Gasteiger partial charge in [0.2, 0.25) is 0 Å². The van der Waals surface area contributed by atoms with E-state index >= 15 is 0 Å². The maximum absolute atomic E-state index is 4.01. The van der Waals surface area contributed by atoms with Gasteiger partial charge in [-0.3, -0.25) is 0 Å². The van der Waals surface area contributed by atoms with E-state index in [0.29, 0.717) is 0 Å². The Labute approximate surface area is 338 Å². The van der Waals surface area contributed by atoms with Gasteiger partial charge in [-0.25, -0.2) is 0 Å². The van der Waals surface area contributed by atoms with Crippen molar-refractivity contribution in [1.29, 1.82) is 0 Å². The molecule has 0 unspecified atom stereocenters. The summed E-state index contributed by atoms with van der Waals surface area (Å²) in [6.45, 7) is 4.18. The van der Waals surface area contributed by atoms with Gasteiger partial charge in [-0.1, -0.05) is 96.5 Å². The maximum atomic E-state index is 4.01. The molecule has 0 atom stereocenters. The molecule has 6 heteroatoms. The summed E-state index contributed by atoms with van der Waals surface area (Å²) in [6.07, 6.45) is 0. The van der Waals surface area contributed by atoms with E-state index in [1.807, 2.05) is 0 Å². The average molecular weight is 826 g/mol. The van der Waals surface area contributed by atoms with Crippen molar-refractivity contribution >= 4 is 90.8 Å². The fourth-order valence-electron chi connectivity index (χ4n) is 9.07. The van der Waals surface area contributed by atoms with Gasteiger partial charge in [0.25, 0.3) is 0 Å². The quantitative estimate of drug-likeness (QED) is 0.183. The summed E-state index contributed by atoms with van der Waals surface area (Å²) in [7, 11) is 0. The van der Waals surface area contributed by atoms with E-state index in [4.69, 9.17) is 0 Å². The molecule has 56 heavy (non-hydrogen) atoms. The predicted octanol–water partition coefficient (Wildman–Crippen LogP) is 5.00. The van der Waals surface area contributed by atoms with Gasteiger partial charge in [0.05, 0.1) is 0 Å². The molecule has 9 aromatic rings. The van der Waals surface area contributed by atoms with Crippen LogP contribution in [0.25, 0.3) is 38.6 Å². The third-order valence-corrected chi connectivity index (χ3v) is 13.5. The van der Waals surface area contributed by atoms with E-state index in [1.165, 1.54) is 69.3 Å². The number of fused-ring (bicyclic) bond motifs is 7. The van der Waals surface area contributed by atoms with Crippen LogP contribution >= 0.6 is 0 Å². The molecule has 0 aliphatic carbocycles. The first-order valence-electron chi connectivity index (χ1n) is 19.1. The van der Waals surface area contributed by atoms with Crippen LogP contribution in [0.15, 0.2) is 193 Å². The zero-order valence-corrected chi connectivity index (χ0v) is 32.7. The van der Waals surface area contributed by atoms with Gasteiger partial charge < -0.3 is 5.32 Å². The number of aromatic nitrogens is 1.